The topological polar surface area (TPSA) is 29.3 Å². The van der Waals surface area contributed by atoms with Crippen LogP contribution in [0, 0.1) is 5.92 Å². The molecule has 2 nitrogen and oxygen atoms in total. The first-order valence-electron chi connectivity index (χ1n) is 4.94. The maximum absolute atomic E-state index is 5.34. The zero-order valence-electron chi connectivity index (χ0n) is 8.00. The van der Waals surface area contributed by atoms with E-state index >= 15 is 0 Å². The van der Waals surface area contributed by atoms with Crippen LogP contribution in [0.5, 0.6) is 0 Å². The van der Waals surface area contributed by atoms with Crippen molar-refractivity contribution in [1.29, 1.82) is 0 Å². The van der Waals surface area contributed by atoms with E-state index in [1.165, 1.54) is 25.9 Å². The molecular weight excluding hydrogens is 148 g/mol. The largest absolute Gasteiger partial charge is 0.327 e. The highest BCUT2D eigenvalue weighted by Gasteiger charge is 2.23. The van der Waals surface area contributed by atoms with Crippen LogP contribution in [0.3, 0.4) is 0 Å². The van der Waals surface area contributed by atoms with E-state index in [1.54, 1.807) is 0 Å². The van der Waals surface area contributed by atoms with Crippen molar-refractivity contribution >= 4 is 0 Å². The van der Waals surface area contributed by atoms with Crippen LogP contribution in [0.25, 0.3) is 0 Å². The van der Waals surface area contributed by atoms with Gasteiger partial charge in [0.15, 0.2) is 0 Å². The van der Waals surface area contributed by atoms with E-state index in [4.69, 9.17) is 5.73 Å². The van der Waals surface area contributed by atoms with Crippen molar-refractivity contribution in [2.75, 3.05) is 26.2 Å². The number of hydrogen-bond acceptors (Lipinski definition) is 2. The summed E-state index contributed by atoms with van der Waals surface area (Å²) in [4.78, 5) is 2.46. The molecule has 0 aliphatic carbocycles. The van der Waals surface area contributed by atoms with Gasteiger partial charge in [0.25, 0.3) is 0 Å². The summed E-state index contributed by atoms with van der Waals surface area (Å²) >= 11 is 0. The Labute approximate surface area is 75.4 Å². The van der Waals surface area contributed by atoms with E-state index in [9.17, 15) is 0 Å². The summed E-state index contributed by atoms with van der Waals surface area (Å²) in [6, 6.07) is 0. The predicted octanol–water partition coefficient (Wildman–Crippen LogP) is 1.23. The predicted molar refractivity (Wildman–Crippen MR) is 53.0 cm³/mol. The molecule has 0 amide bonds. The number of nitrogens with two attached hydrogens (primary N) is 1. The van der Waals surface area contributed by atoms with Crippen molar-refractivity contribution in [1.82, 2.24) is 4.90 Å². The summed E-state index contributed by atoms with van der Waals surface area (Å²) in [6.07, 6.45) is 6.93. The van der Waals surface area contributed by atoms with Crippen molar-refractivity contribution in [2.24, 2.45) is 11.7 Å². The monoisotopic (exact) mass is 168 g/mol. The molecule has 0 atom stereocenters. The highest BCUT2D eigenvalue weighted by molar-refractivity contribution is 4.90. The van der Waals surface area contributed by atoms with Crippen molar-refractivity contribution in [2.45, 2.75) is 19.8 Å². The Morgan fingerprint density at radius 3 is 2.75 bits per heavy atom. The third-order valence-corrected chi connectivity index (χ3v) is 2.40. The van der Waals surface area contributed by atoms with Crippen LogP contribution in [0.2, 0.25) is 0 Å². The Morgan fingerprint density at radius 1 is 1.42 bits per heavy atom. The third-order valence-electron chi connectivity index (χ3n) is 2.40. The fraction of sp³-hybridized carbons (Fsp3) is 0.800. The quantitative estimate of drug-likeness (QED) is 0.626. The van der Waals surface area contributed by atoms with Gasteiger partial charge in [-0.25, -0.2) is 0 Å². The lowest BCUT2D eigenvalue weighted by molar-refractivity contribution is 0.108. The van der Waals surface area contributed by atoms with E-state index in [0.29, 0.717) is 6.54 Å². The van der Waals surface area contributed by atoms with Crippen LogP contribution in [-0.2, 0) is 0 Å². The average Bonchev–Trinajstić information content (AvgIpc) is 2.00. The Kier molecular flexibility index (Phi) is 4.33. The minimum atomic E-state index is 0.673. The number of nitrogens with zero attached hydrogens (tertiary/aromatic N) is 1. The van der Waals surface area contributed by atoms with E-state index in [-0.39, 0.29) is 0 Å². The highest BCUT2D eigenvalue weighted by atomic mass is 15.2. The second kappa shape index (κ2) is 5.33. The molecule has 1 rings (SSSR count). The summed E-state index contributed by atoms with van der Waals surface area (Å²) < 4.78 is 0. The smallest absolute Gasteiger partial charge is 0.0163 e. The molecule has 70 valence electrons. The normalized spacial score (nSPS) is 20.2. The molecule has 2 heteroatoms. The van der Waals surface area contributed by atoms with Gasteiger partial charge in [-0.1, -0.05) is 25.5 Å². The summed E-state index contributed by atoms with van der Waals surface area (Å²) in [7, 11) is 0. The van der Waals surface area contributed by atoms with Crippen molar-refractivity contribution in [3.63, 3.8) is 0 Å². The van der Waals surface area contributed by atoms with Gasteiger partial charge in [0.05, 0.1) is 0 Å². The van der Waals surface area contributed by atoms with Crippen molar-refractivity contribution in [3.8, 4) is 0 Å². The molecule has 1 heterocycles. The third kappa shape index (κ3) is 2.95. The van der Waals surface area contributed by atoms with Gasteiger partial charge in [0.1, 0.15) is 0 Å². The molecule has 1 aliphatic heterocycles. The van der Waals surface area contributed by atoms with Gasteiger partial charge in [0, 0.05) is 26.2 Å². The molecule has 0 bridgehead atoms. The second-order valence-corrected chi connectivity index (χ2v) is 3.58. The van der Waals surface area contributed by atoms with Gasteiger partial charge in [-0.05, 0) is 12.3 Å². The van der Waals surface area contributed by atoms with Crippen LogP contribution < -0.4 is 5.73 Å². The molecule has 0 unspecified atom stereocenters. The number of likely N-dealkylation sites (tertiary alicyclic amines) is 1. The molecule has 0 aromatic heterocycles. The lowest BCUT2D eigenvalue weighted by Crippen LogP contribution is -2.46. The SMILES string of the molecule is CCCC1CN(C/C=C/CN)C1. The van der Waals surface area contributed by atoms with Gasteiger partial charge in [-0.15, -0.1) is 0 Å². The highest BCUT2D eigenvalue weighted by Crippen LogP contribution is 2.19. The Hall–Kier alpha value is -0.340. The second-order valence-electron chi connectivity index (χ2n) is 3.58. The first kappa shape index (κ1) is 9.75. The number of hydrogen-bond donors (Lipinski definition) is 1. The van der Waals surface area contributed by atoms with Crippen molar-refractivity contribution in [3.05, 3.63) is 12.2 Å². The standard InChI is InChI=1S/C10H20N2/c1-2-5-10-8-12(9-10)7-4-3-6-11/h3-4,10H,2,5-9,11H2,1H3/b4-3+. The van der Waals surface area contributed by atoms with Crippen LogP contribution in [0.15, 0.2) is 12.2 Å². The van der Waals surface area contributed by atoms with Gasteiger partial charge < -0.3 is 5.73 Å². The minimum Gasteiger partial charge on any atom is -0.327 e. The molecule has 0 radical (unpaired) electrons. The molecule has 1 fully saturated rings. The zero-order chi connectivity index (χ0) is 8.81. The van der Waals surface area contributed by atoms with Gasteiger partial charge in [0.2, 0.25) is 0 Å². The van der Waals surface area contributed by atoms with E-state index in [1.807, 2.05) is 6.08 Å². The average molecular weight is 168 g/mol. The summed E-state index contributed by atoms with van der Waals surface area (Å²) in [5.74, 6) is 0.973. The zero-order valence-corrected chi connectivity index (χ0v) is 8.00. The molecule has 0 aromatic carbocycles. The van der Waals surface area contributed by atoms with Gasteiger partial charge in [-0.2, -0.15) is 0 Å². The number of rotatable bonds is 5. The maximum Gasteiger partial charge on any atom is 0.0163 e. The fourth-order valence-corrected chi connectivity index (χ4v) is 1.74. The van der Waals surface area contributed by atoms with Crippen LogP contribution in [0.4, 0.5) is 0 Å². The van der Waals surface area contributed by atoms with Crippen molar-refractivity contribution < 1.29 is 0 Å². The molecule has 12 heavy (non-hydrogen) atoms. The van der Waals surface area contributed by atoms with Crippen LogP contribution >= 0.6 is 0 Å². The Bertz CT molecular complexity index is 137. The molecule has 2 N–H and O–H groups in total. The molecule has 1 saturated heterocycles. The Morgan fingerprint density at radius 2 is 2.17 bits per heavy atom. The summed E-state index contributed by atoms with van der Waals surface area (Å²) in [6.45, 7) is 6.62. The molecule has 1 aliphatic rings. The van der Waals surface area contributed by atoms with Crippen LogP contribution in [0.1, 0.15) is 19.8 Å². The van der Waals surface area contributed by atoms with E-state index in [0.717, 1.165) is 12.5 Å². The first-order chi connectivity index (χ1) is 5.86. The van der Waals surface area contributed by atoms with Gasteiger partial charge in [-0.3, -0.25) is 4.90 Å². The fourth-order valence-electron chi connectivity index (χ4n) is 1.74. The lowest BCUT2D eigenvalue weighted by Gasteiger charge is -2.38. The molecule has 0 aromatic rings. The molecule has 0 saturated carbocycles. The van der Waals surface area contributed by atoms with E-state index < -0.39 is 0 Å². The summed E-state index contributed by atoms with van der Waals surface area (Å²) in [5.41, 5.74) is 5.34. The van der Waals surface area contributed by atoms with E-state index in [2.05, 4.69) is 17.9 Å². The molecular formula is C10H20N2. The lowest BCUT2D eigenvalue weighted by atomic mass is 9.95. The first-order valence-corrected chi connectivity index (χ1v) is 4.94. The summed E-state index contributed by atoms with van der Waals surface area (Å²) in [5, 5.41) is 0. The minimum absolute atomic E-state index is 0.673. The molecule has 0 spiro atoms. The van der Waals surface area contributed by atoms with Gasteiger partial charge >= 0.3 is 0 Å². The van der Waals surface area contributed by atoms with Crippen LogP contribution in [-0.4, -0.2) is 31.1 Å². The Balaban J connectivity index is 1.98. The maximum atomic E-state index is 5.34.